The second kappa shape index (κ2) is 7.17. The van der Waals surface area contributed by atoms with Gasteiger partial charge in [0, 0.05) is 19.0 Å². The quantitative estimate of drug-likeness (QED) is 0.645. The van der Waals surface area contributed by atoms with Crippen LogP contribution in [0.2, 0.25) is 0 Å². The summed E-state index contributed by atoms with van der Waals surface area (Å²) in [6.45, 7) is 2.97. The Morgan fingerprint density at radius 2 is 1.89 bits per heavy atom. The predicted molar refractivity (Wildman–Crippen MR) is 103 cm³/mol. The van der Waals surface area contributed by atoms with Crippen LogP contribution in [0.25, 0.3) is 4.96 Å². The molecule has 1 unspecified atom stereocenters. The summed E-state index contributed by atoms with van der Waals surface area (Å²) in [5, 5.41) is 14.1. The van der Waals surface area contributed by atoms with Crippen LogP contribution in [0.1, 0.15) is 42.6 Å². The summed E-state index contributed by atoms with van der Waals surface area (Å²) in [5.74, 6) is 1.75. The summed E-state index contributed by atoms with van der Waals surface area (Å²) in [5.41, 5.74) is 0. The minimum atomic E-state index is -3.14. The van der Waals surface area contributed by atoms with Gasteiger partial charge in [0.1, 0.15) is 11.9 Å². The Morgan fingerprint density at radius 1 is 1.19 bits per heavy atom. The molecule has 0 spiro atoms. The molecule has 1 aliphatic rings. The smallest absolute Gasteiger partial charge is 0.234 e. The number of sulfonamides is 1. The fourth-order valence-corrected chi connectivity index (χ4v) is 4.97. The minimum Gasteiger partial charge on any atom is -0.483 e. The SMILES string of the molecule is CC(Oc1ccccc1)c1nn2c(C3CCN(S(C)(=O)=O)CC3)nnc2s1. The molecule has 3 heterocycles. The minimum absolute atomic E-state index is 0.151. The lowest BCUT2D eigenvalue weighted by atomic mass is 9.97. The Kier molecular flexibility index (Phi) is 4.87. The molecule has 4 rings (SSSR count). The maximum Gasteiger partial charge on any atom is 0.234 e. The molecule has 10 heteroatoms. The summed E-state index contributed by atoms with van der Waals surface area (Å²) in [7, 11) is -3.14. The van der Waals surface area contributed by atoms with Crippen LogP contribution in [-0.2, 0) is 10.0 Å². The third-order valence-corrected chi connectivity index (χ3v) is 7.09. The molecular weight excluding hydrogens is 386 g/mol. The van der Waals surface area contributed by atoms with Crippen molar-refractivity contribution in [3.63, 3.8) is 0 Å². The van der Waals surface area contributed by atoms with Crippen LogP contribution in [0.4, 0.5) is 0 Å². The average molecular weight is 408 g/mol. The molecule has 8 nitrogen and oxygen atoms in total. The standard InChI is InChI=1S/C17H21N5O3S2/c1-12(25-14-6-4-3-5-7-14)16-20-22-15(18-19-17(22)26-16)13-8-10-21(11-9-13)27(2,23)24/h3-7,12-13H,8-11H2,1-2H3. The fourth-order valence-electron chi connectivity index (χ4n) is 3.26. The maximum absolute atomic E-state index is 11.7. The van der Waals surface area contributed by atoms with Gasteiger partial charge in [0.05, 0.1) is 6.26 Å². The molecule has 144 valence electrons. The number of piperidine rings is 1. The summed E-state index contributed by atoms with van der Waals surface area (Å²) in [6.07, 6.45) is 2.50. The van der Waals surface area contributed by atoms with Crippen molar-refractivity contribution in [1.29, 1.82) is 0 Å². The highest BCUT2D eigenvalue weighted by atomic mass is 32.2. The molecule has 2 aromatic heterocycles. The normalized spacial score (nSPS) is 18.0. The highest BCUT2D eigenvalue weighted by Crippen LogP contribution is 2.31. The van der Waals surface area contributed by atoms with Gasteiger partial charge in [-0.3, -0.25) is 0 Å². The second-order valence-corrected chi connectivity index (χ2v) is 9.67. The number of rotatable bonds is 5. The van der Waals surface area contributed by atoms with Crippen LogP contribution in [-0.4, -0.2) is 51.9 Å². The predicted octanol–water partition coefficient (Wildman–Crippen LogP) is 2.46. The number of nitrogens with zero attached hydrogens (tertiary/aromatic N) is 5. The van der Waals surface area contributed by atoms with Crippen LogP contribution in [0, 0.1) is 0 Å². The van der Waals surface area contributed by atoms with E-state index < -0.39 is 10.0 Å². The molecule has 3 aromatic rings. The lowest BCUT2D eigenvalue weighted by molar-refractivity contribution is 0.225. The molecule has 0 N–H and O–H groups in total. The first-order valence-corrected chi connectivity index (χ1v) is 11.5. The van der Waals surface area contributed by atoms with E-state index in [0.717, 1.165) is 34.4 Å². The Morgan fingerprint density at radius 3 is 2.56 bits per heavy atom. The van der Waals surface area contributed by atoms with Gasteiger partial charge in [0.15, 0.2) is 10.8 Å². The van der Waals surface area contributed by atoms with E-state index in [-0.39, 0.29) is 12.0 Å². The number of para-hydroxylation sites is 1. The second-order valence-electron chi connectivity index (χ2n) is 6.70. The average Bonchev–Trinajstić information content (AvgIpc) is 3.22. The third-order valence-electron chi connectivity index (χ3n) is 4.72. The van der Waals surface area contributed by atoms with E-state index in [1.54, 1.807) is 4.52 Å². The van der Waals surface area contributed by atoms with Crippen molar-refractivity contribution in [2.45, 2.75) is 31.8 Å². The van der Waals surface area contributed by atoms with Gasteiger partial charge in [-0.15, -0.1) is 10.2 Å². The van der Waals surface area contributed by atoms with Crippen molar-refractivity contribution in [3.8, 4) is 5.75 Å². The molecule has 1 atom stereocenters. The summed E-state index contributed by atoms with van der Waals surface area (Å²) in [6, 6.07) is 9.64. The van der Waals surface area contributed by atoms with Gasteiger partial charge in [0.25, 0.3) is 0 Å². The molecule has 1 fully saturated rings. The van der Waals surface area contributed by atoms with E-state index in [4.69, 9.17) is 4.74 Å². The van der Waals surface area contributed by atoms with Crippen LogP contribution in [0.5, 0.6) is 5.75 Å². The van der Waals surface area contributed by atoms with Gasteiger partial charge in [-0.1, -0.05) is 29.5 Å². The molecular formula is C17H21N5O3S2. The van der Waals surface area contributed by atoms with E-state index in [1.165, 1.54) is 21.9 Å². The van der Waals surface area contributed by atoms with Crippen LogP contribution >= 0.6 is 11.3 Å². The van der Waals surface area contributed by atoms with Crippen LogP contribution < -0.4 is 4.74 Å². The number of aromatic nitrogens is 4. The molecule has 27 heavy (non-hydrogen) atoms. The van der Waals surface area contributed by atoms with E-state index in [1.807, 2.05) is 37.3 Å². The van der Waals surface area contributed by atoms with E-state index >= 15 is 0 Å². The van der Waals surface area contributed by atoms with E-state index in [2.05, 4.69) is 15.3 Å². The highest BCUT2D eigenvalue weighted by molar-refractivity contribution is 7.88. The van der Waals surface area contributed by atoms with Crippen LogP contribution in [0.3, 0.4) is 0 Å². The van der Waals surface area contributed by atoms with Gasteiger partial charge in [-0.05, 0) is 31.9 Å². The third kappa shape index (κ3) is 3.83. The first-order chi connectivity index (χ1) is 12.9. The Hall–Kier alpha value is -2.04. The molecule has 0 aliphatic carbocycles. The largest absolute Gasteiger partial charge is 0.483 e. The zero-order valence-electron chi connectivity index (χ0n) is 15.1. The topological polar surface area (TPSA) is 89.7 Å². The summed E-state index contributed by atoms with van der Waals surface area (Å²) < 4.78 is 32.6. The van der Waals surface area contributed by atoms with Gasteiger partial charge in [0.2, 0.25) is 15.0 Å². The first-order valence-electron chi connectivity index (χ1n) is 8.80. The van der Waals surface area contributed by atoms with Gasteiger partial charge >= 0.3 is 0 Å². The Labute approximate surface area is 161 Å². The first kappa shape index (κ1) is 18.3. The lowest BCUT2D eigenvalue weighted by Gasteiger charge is -2.28. The van der Waals surface area contributed by atoms with E-state index in [0.29, 0.717) is 13.1 Å². The molecule has 0 bridgehead atoms. The van der Waals surface area contributed by atoms with Crippen molar-refractivity contribution in [2.75, 3.05) is 19.3 Å². The van der Waals surface area contributed by atoms with Crippen LogP contribution in [0.15, 0.2) is 30.3 Å². The lowest BCUT2D eigenvalue weighted by Crippen LogP contribution is -2.37. The highest BCUT2D eigenvalue weighted by Gasteiger charge is 2.29. The Balaban J connectivity index is 1.51. The van der Waals surface area contributed by atoms with Gasteiger partial charge in [-0.25, -0.2) is 12.7 Å². The number of hydrogen-bond acceptors (Lipinski definition) is 7. The number of hydrogen-bond donors (Lipinski definition) is 0. The van der Waals surface area contributed by atoms with Crippen molar-refractivity contribution in [3.05, 3.63) is 41.2 Å². The molecule has 1 saturated heterocycles. The van der Waals surface area contributed by atoms with Crippen molar-refractivity contribution in [2.24, 2.45) is 0 Å². The monoisotopic (exact) mass is 407 g/mol. The van der Waals surface area contributed by atoms with Gasteiger partial charge in [-0.2, -0.15) is 9.61 Å². The van der Waals surface area contributed by atoms with Gasteiger partial charge < -0.3 is 4.74 Å². The number of benzene rings is 1. The number of fused-ring (bicyclic) bond motifs is 1. The summed E-state index contributed by atoms with van der Waals surface area (Å²) in [4.78, 5) is 0.731. The zero-order chi connectivity index (χ0) is 19.0. The molecule has 0 radical (unpaired) electrons. The number of ether oxygens (including phenoxy) is 1. The van der Waals surface area contributed by atoms with Crippen molar-refractivity contribution < 1.29 is 13.2 Å². The summed E-state index contributed by atoms with van der Waals surface area (Å²) >= 11 is 1.46. The Bertz CT molecular complexity index is 1020. The molecule has 0 amide bonds. The molecule has 1 aromatic carbocycles. The van der Waals surface area contributed by atoms with Crippen molar-refractivity contribution >= 4 is 26.3 Å². The maximum atomic E-state index is 11.7. The fraction of sp³-hybridized carbons (Fsp3) is 0.471. The van der Waals surface area contributed by atoms with Crippen molar-refractivity contribution in [1.82, 2.24) is 24.1 Å². The van der Waals surface area contributed by atoms with E-state index in [9.17, 15) is 8.42 Å². The molecule has 0 saturated carbocycles. The zero-order valence-corrected chi connectivity index (χ0v) is 16.8. The molecule has 1 aliphatic heterocycles.